The summed E-state index contributed by atoms with van der Waals surface area (Å²) in [4.78, 5) is 0. The lowest BCUT2D eigenvalue weighted by molar-refractivity contribution is 0.305. The van der Waals surface area contributed by atoms with Gasteiger partial charge in [-0.15, -0.1) is 0 Å². The molecule has 0 aromatic heterocycles. The van der Waals surface area contributed by atoms with Crippen LogP contribution in [0.5, 0.6) is 11.5 Å². The van der Waals surface area contributed by atoms with Gasteiger partial charge in [-0.2, -0.15) is 0 Å². The van der Waals surface area contributed by atoms with Crippen molar-refractivity contribution >= 4 is 11.4 Å². The third-order valence-electron chi connectivity index (χ3n) is 7.23. The molecule has 2 aromatic carbocycles. The zero-order chi connectivity index (χ0) is 28.7. The Kier molecular flexibility index (Phi) is 18.1. The van der Waals surface area contributed by atoms with Gasteiger partial charge in [-0.25, -0.2) is 0 Å². The molecule has 0 bridgehead atoms. The first-order valence-corrected chi connectivity index (χ1v) is 15.6. The highest BCUT2D eigenvalue weighted by Crippen LogP contribution is 2.19. The summed E-state index contributed by atoms with van der Waals surface area (Å²) in [7, 11) is 0. The van der Waals surface area contributed by atoms with E-state index >= 15 is 0 Å². The predicted octanol–water partition coefficient (Wildman–Crippen LogP) is 9.78. The number of oxime groups is 2. The van der Waals surface area contributed by atoms with Gasteiger partial charge >= 0.3 is 0 Å². The van der Waals surface area contributed by atoms with Crippen molar-refractivity contribution in [3.05, 3.63) is 59.7 Å². The van der Waals surface area contributed by atoms with Gasteiger partial charge in [0.1, 0.15) is 11.5 Å². The molecule has 2 rings (SSSR count). The van der Waals surface area contributed by atoms with Crippen molar-refractivity contribution in [1.82, 2.24) is 0 Å². The Labute approximate surface area is 242 Å². The van der Waals surface area contributed by atoms with Gasteiger partial charge in [0, 0.05) is 0 Å². The average molecular weight is 553 g/mol. The topological polar surface area (TPSA) is 83.6 Å². The Balaban J connectivity index is 1.58. The van der Waals surface area contributed by atoms with E-state index in [-0.39, 0.29) is 0 Å². The van der Waals surface area contributed by atoms with Crippen molar-refractivity contribution in [2.75, 3.05) is 13.2 Å². The molecule has 6 nitrogen and oxygen atoms in total. The zero-order valence-corrected chi connectivity index (χ0v) is 25.0. The molecule has 0 heterocycles. The second-order valence-electron chi connectivity index (χ2n) is 10.6. The molecule has 0 spiro atoms. The highest BCUT2D eigenvalue weighted by molar-refractivity contribution is 6.00. The molecule has 0 atom stereocenters. The summed E-state index contributed by atoms with van der Waals surface area (Å²) in [5, 5.41) is 26.1. The minimum absolute atomic E-state index is 0.728. The molecule has 0 unspecified atom stereocenters. The number of nitrogens with zero attached hydrogens (tertiary/aromatic N) is 2. The Bertz CT molecular complexity index is 875. The second-order valence-corrected chi connectivity index (χ2v) is 10.6. The van der Waals surface area contributed by atoms with E-state index in [1.807, 2.05) is 48.5 Å². The van der Waals surface area contributed by atoms with Crippen LogP contribution in [-0.2, 0) is 0 Å². The predicted molar refractivity (Wildman–Crippen MR) is 166 cm³/mol. The standard InChI is InChI=1S/C34H52N2O4/c1-3-5-7-15-27-39-31-23-19-29(20-24-31)33(35-37)17-13-11-9-10-12-14-18-34(36-38)30-21-25-32(26-22-30)40-28-16-8-6-4-2/h19-26,37-38H,3-18,27-28H2,1-2H3/b35-33+,36-34+. The normalized spacial score (nSPS) is 12.1. The molecule has 0 saturated heterocycles. The van der Waals surface area contributed by atoms with Crippen molar-refractivity contribution in [3.8, 4) is 11.5 Å². The van der Waals surface area contributed by atoms with Gasteiger partial charge in [-0.05, 0) is 98.2 Å². The summed E-state index contributed by atoms with van der Waals surface area (Å²) in [6.07, 6.45) is 17.5. The van der Waals surface area contributed by atoms with E-state index in [1.54, 1.807) is 0 Å². The summed E-state index contributed by atoms with van der Waals surface area (Å²) >= 11 is 0. The molecule has 0 radical (unpaired) electrons. The van der Waals surface area contributed by atoms with Gasteiger partial charge in [-0.3, -0.25) is 0 Å². The summed E-state index contributed by atoms with van der Waals surface area (Å²) in [5.74, 6) is 1.73. The third-order valence-corrected chi connectivity index (χ3v) is 7.23. The molecule has 40 heavy (non-hydrogen) atoms. The lowest BCUT2D eigenvalue weighted by Crippen LogP contribution is -2.03. The van der Waals surface area contributed by atoms with Crippen LogP contribution in [0.2, 0.25) is 0 Å². The number of ether oxygens (including phenoxy) is 2. The van der Waals surface area contributed by atoms with Crippen LogP contribution < -0.4 is 9.47 Å². The first-order valence-electron chi connectivity index (χ1n) is 15.6. The van der Waals surface area contributed by atoms with Crippen LogP contribution in [0, 0.1) is 0 Å². The van der Waals surface area contributed by atoms with E-state index in [4.69, 9.17) is 9.47 Å². The van der Waals surface area contributed by atoms with Crippen molar-refractivity contribution in [1.29, 1.82) is 0 Å². The smallest absolute Gasteiger partial charge is 0.119 e. The van der Waals surface area contributed by atoms with E-state index < -0.39 is 0 Å². The maximum absolute atomic E-state index is 9.51. The Morgan fingerprint density at radius 1 is 0.500 bits per heavy atom. The van der Waals surface area contributed by atoms with Crippen LogP contribution >= 0.6 is 0 Å². The van der Waals surface area contributed by atoms with Gasteiger partial charge in [0.2, 0.25) is 0 Å². The van der Waals surface area contributed by atoms with Gasteiger partial charge in [0.25, 0.3) is 0 Å². The molecule has 0 aliphatic carbocycles. The highest BCUT2D eigenvalue weighted by atomic mass is 16.5. The third kappa shape index (κ3) is 13.9. The minimum atomic E-state index is 0.728. The summed E-state index contributed by atoms with van der Waals surface area (Å²) < 4.78 is 11.6. The van der Waals surface area contributed by atoms with Crippen molar-refractivity contribution < 1.29 is 19.9 Å². The van der Waals surface area contributed by atoms with Crippen molar-refractivity contribution in [3.63, 3.8) is 0 Å². The van der Waals surface area contributed by atoms with Gasteiger partial charge in [0.05, 0.1) is 24.6 Å². The quantitative estimate of drug-likeness (QED) is 0.0622. The van der Waals surface area contributed by atoms with E-state index in [0.29, 0.717) is 0 Å². The fourth-order valence-electron chi connectivity index (χ4n) is 4.72. The molecule has 0 aliphatic rings. The minimum Gasteiger partial charge on any atom is -0.494 e. The first kappa shape index (κ1) is 33.2. The zero-order valence-electron chi connectivity index (χ0n) is 25.0. The number of rotatable bonds is 23. The largest absolute Gasteiger partial charge is 0.494 e. The van der Waals surface area contributed by atoms with Crippen molar-refractivity contribution in [2.24, 2.45) is 10.3 Å². The van der Waals surface area contributed by atoms with Gasteiger partial charge in [0.15, 0.2) is 0 Å². The molecular weight excluding hydrogens is 500 g/mol. The molecule has 222 valence electrons. The summed E-state index contributed by atoms with van der Waals surface area (Å²) in [6.45, 7) is 5.91. The fraction of sp³-hybridized carbons (Fsp3) is 0.588. The van der Waals surface area contributed by atoms with E-state index in [0.717, 1.165) is 111 Å². The van der Waals surface area contributed by atoms with E-state index in [9.17, 15) is 10.4 Å². The Hall–Kier alpha value is -3.02. The van der Waals surface area contributed by atoms with Crippen LogP contribution in [0.15, 0.2) is 58.8 Å². The molecule has 2 N–H and O–H groups in total. The monoisotopic (exact) mass is 552 g/mol. The number of unbranched alkanes of at least 4 members (excludes halogenated alkanes) is 11. The molecule has 0 fully saturated rings. The van der Waals surface area contributed by atoms with Crippen LogP contribution in [0.3, 0.4) is 0 Å². The van der Waals surface area contributed by atoms with Gasteiger partial charge < -0.3 is 19.9 Å². The van der Waals surface area contributed by atoms with Crippen LogP contribution in [0.4, 0.5) is 0 Å². The van der Waals surface area contributed by atoms with Gasteiger partial charge in [-0.1, -0.05) is 88.4 Å². The molecular formula is C34H52N2O4. The maximum atomic E-state index is 9.51. The number of hydrogen-bond donors (Lipinski definition) is 2. The van der Waals surface area contributed by atoms with Crippen LogP contribution in [0.25, 0.3) is 0 Å². The fourth-order valence-corrected chi connectivity index (χ4v) is 4.72. The maximum Gasteiger partial charge on any atom is 0.119 e. The number of hydrogen-bond acceptors (Lipinski definition) is 6. The molecule has 2 aromatic rings. The van der Waals surface area contributed by atoms with E-state index in [1.165, 1.54) is 38.5 Å². The lowest BCUT2D eigenvalue weighted by Gasteiger charge is -2.09. The number of benzene rings is 2. The SMILES string of the molecule is CCCCCCOc1ccc(/C(CCCCCCCC/C(=N\O)c2ccc(OCCCCCC)cc2)=N/O)cc1. The van der Waals surface area contributed by atoms with Crippen LogP contribution in [-0.4, -0.2) is 35.1 Å². The Morgan fingerprint density at radius 3 is 1.20 bits per heavy atom. The molecule has 0 saturated carbocycles. The Morgan fingerprint density at radius 2 is 0.850 bits per heavy atom. The summed E-state index contributed by atoms with van der Waals surface area (Å²) in [5.41, 5.74) is 3.35. The first-order chi connectivity index (χ1) is 19.7. The molecule has 0 aliphatic heterocycles. The van der Waals surface area contributed by atoms with E-state index in [2.05, 4.69) is 24.2 Å². The van der Waals surface area contributed by atoms with Crippen LogP contribution in [0.1, 0.15) is 128 Å². The lowest BCUT2D eigenvalue weighted by atomic mass is 10.0. The summed E-state index contributed by atoms with van der Waals surface area (Å²) in [6, 6.07) is 15.8. The molecule has 0 amide bonds. The highest BCUT2D eigenvalue weighted by Gasteiger charge is 2.07. The van der Waals surface area contributed by atoms with Crippen molar-refractivity contribution in [2.45, 2.75) is 117 Å². The average Bonchev–Trinajstić information content (AvgIpc) is 2.99. The molecule has 6 heteroatoms. The second kappa shape index (κ2) is 21.8.